The summed E-state index contributed by atoms with van der Waals surface area (Å²) in [5.74, 6) is -6.06. The molecule has 4 rings (SSSR count). The Morgan fingerprint density at radius 1 is 0.900 bits per heavy atom. The van der Waals surface area contributed by atoms with E-state index in [9.17, 15) is 39.9 Å². The summed E-state index contributed by atoms with van der Waals surface area (Å²) in [5.41, 5.74) is 0.789. The van der Waals surface area contributed by atoms with E-state index in [1.54, 1.807) is 0 Å². The second kappa shape index (κ2) is 11.7. The number of phenolic OH excluding ortho intramolecular Hbond substituents is 4. The Labute approximate surface area is 227 Å². The smallest absolute Gasteiger partial charge is 0.366 e. The lowest BCUT2D eigenvalue weighted by molar-refractivity contribution is -0.249. The fourth-order valence-electron chi connectivity index (χ4n) is 4.21. The predicted molar refractivity (Wildman–Crippen MR) is 134 cm³/mol. The fraction of sp³-hybridized carbons (Fsp3) is 0.296. The van der Waals surface area contributed by atoms with Crippen LogP contribution in [0.4, 0.5) is 0 Å². The first-order valence-corrected chi connectivity index (χ1v) is 11.9. The third-order valence-electron chi connectivity index (χ3n) is 6.20. The number of benzene rings is 2. The largest absolute Gasteiger partial charge is 0.504 e. The number of phenols is 4. The summed E-state index contributed by atoms with van der Waals surface area (Å²) < 4.78 is 26.7. The number of rotatable bonds is 8. The van der Waals surface area contributed by atoms with Crippen molar-refractivity contribution in [3.8, 4) is 23.0 Å². The van der Waals surface area contributed by atoms with E-state index >= 15 is 0 Å². The third kappa shape index (κ3) is 6.17. The number of hydrogen-bond acceptors (Lipinski definition) is 13. The number of carbonyl (C=O) groups excluding carboxylic acids is 3. The van der Waals surface area contributed by atoms with Crippen molar-refractivity contribution in [2.45, 2.75) is 36.6 Å². The molecule has 0 aromatic heterocycles. The van der Waals surface area contributed by atoms with Crippen molar-refractivity contribution in [2.24, 2.45) is 0 Å². The highest BCUT2D eigenvalue weighted by molar-refractivity contribution is 5.88. The van der Waals surface area contributed by atoms with Gasteiger partial charge in [0, 0.05) is 12.2 Å². The van der Waals surface area contributed by atoms with E-state index in [2.05, 4.69) is 0 Å². The second-order valence-corrected chi connectivity index (χ2v) is 8.95. The molecule has 5 N–H and O–H groups in total. The Morgan fingerprint density at radius 2 is 1.48 bits per heavy atom. The standard InChI is InChI=1S/C27H26O13/c1-36-26(35)27-12-20(38-23(33)9-5-15-3-7-17(29)19(31)11-15)24(34)25(40-27)21(39-27)13-37-22(32)8-4-14-2-6-16(28)18(30)10-14/h2-11,20-21,24-25,28-31,34H,12-13H2,1H3/b8-4+,9-5+/t20-,21-,24+,25+,27+/m0/s1. The summed E-state index contributed by atoms with van der Waals surface area (Å²) in [4.78, 5) is 37.2. The van der Waals surface area contributed by atoms with Crippen molar-refractivity contribution in [1.82, 2.24) is 0 Å². The average Bonchev–Trinajstić information content (AvgIpc) is 3.26. The molecule has 2 bridgehead atoms. The average molecular weight is 558 g/mol. The quantitative estimate of drug-likeness (QED) is 0.134. The molecule has 2 aliphatic heterocycles. The van der Waals surface area contributed by atoms with Gasteiger partial charge in [0.05, 0.1) is 13.5 Å². The van der Waals surface area contributed by atoms with E-state index in [-0.39, 0.29) is 23.0 Å². The molecule has 0 spiro atoms. The Kier molecular flexibility index (Phi) is 8.28. The molecule has 40 heavy (non-hydrogen) atoms. The number of hydrogen-bond donors (Lipinski definition) is 5. The van der Waals surface area contributed by atoms with Gasteiger partial charge in [0.2, 0.25) is 0 Å². The maximum atomic E-state index is 12.5. The molecule has 13 heteroatoms. The maximum absolute atomic E-state index is 12.5. The number of fused-ring (bicyclic) bond motifs is 2. The molecule has 13 nitrogen and oxygen atoms in total. The van der Waals surface area contributed by atoms with Crippen LogP contribution in [0, 0.1) is 0 Å². The first-order valence-electron chi connectivity index (χ1n) is 11.9. The maximum Gasteiger partial charge on any atom is 0.366 e. The molecular formula is C27H26O13. The van der Waals surface area contributed by atoms with Crippen molar-refractivity contribution in [3.63, 3.8) is 0 Å². The number of aliphatic hydroxyl groups is 1. The Balaban J connectivity index is 1.41. The van der Waals surface area contributed by atoms with Gasteiger partial charge in [-0.2, -0.15) is 0 Å². The Bertz CT molecular complexity index is 1350. The van der Waals surface area contributed by atoms with E-state index in [1.165, 1.54) is 48.6 Å². The zero-order chi connectivity index (χ0) is 29.0. The van der Waals surface area contributed by atoms with Crippen molar-refractivity contribution >= 4 is 30.1 Å². The van der Waals surface area contributed by atoms with Gasteiger partial charge in [0.15, 0.2) is 23.0 Å². The zero-order valence-corrected chi connectivity index (χ0v) is 21.0. The molecule has 2 heterocycles. The summed E-state index contributed by atoms with van der Waals surface area (Å²) in [6.45, 7) is -0.435. The highest BCUT2D eigenvalue weighted by Crippen LogP contribution is 2.42. The van der Waals surface area contributed by atoms with E-state index in [0.29, 0.717) is 11.1 Å². The van der Waals surface area contributed by atoms with E-state index < -0.39 is 61.1 Å². The van der Waals surface area contributed by atoms with Gasteiger partial charge >= 0.3 is 17.9 Å². The predicted octanol–water partition coefficient (Wildman–Crippen LogP) is 1.11. The van der Waals surface area contributed by atoms with Crippen LogP contribution in [0.5, 0.6) is 23.0 Å². The molecule has 0 radical (unpaired) electrons. The summed E-state index contributed by atoms with van der Waals surface area (Å²) in [6.07, 6.45) is -0.751. The lowest BCUT2D eigenvalue weighted by Crippen LogP contribution is -2.55. The number of esters is 3. The molecule has 0 unspecified atom stereocenters. The molecule has 0 saturated carbocycles. The van der Waals surface area contributed by atoms with Crippen LogP contribution >= 0.6 is 0 Å². The number of carbonyl (C=O) groups is 3. The molecule has 2 saturated heterocycles. The normalized spacial score (nSPS) is 25.6. The van der Waals surface area contributed by atoms with Gasteiger partial charge in [-0.25, -0.2) is 14.4 Å². The fourth-order valence-corrected chi connectivity index (χ4v) is 4.21. The van der Waals surface area contributed by atoms with Crippen LogP contribution < -0.4 is 0 Å². The van der Waals surface area contributed by atoms with Gasteiger partial charge in [-0.3, -0.25) is 0 Å². The third-order valence-corrected chi connectivity index (χ3v) is 6.20. The van der Waals surface area contributed by atoms with Crippen LogP contribution in [0.2, 0.25) is 0 Å². The van der Waals surface area contributed by atoms with E-state index in [0.717, 1.165) is 19.3 Å². The van der Waals surface area contributed by atoms with Gasteiger partial charge in [0.1, 0.15) is 31.0 Å². The molecule has 0 amide bonds. The molecule has 212 valence electrons. The van der Waals surface area contributed by atoms with Crippen LogP contribution in [0.1, 0.15) is 17.5 Å². The molecule has 5 atom stereocenters. The highest BCUT2D eigenvalue weighted by Gasteiger charge is 2.63. The lowest BCUT2D eigenvalue weighted by Gasteiger charge is -2.36. The van der Waals surface area contributed by atoms with Crippen molar-refractivity contribution in [3.05, 3.63) is 59.7 Å². The van der Waals surface area contributed by atoms with E-state index in [1.807, 2.05) is 0 Å². The monoisotopic (exact) mass is 558 g/mol. The van der Waals surface area contributed by atoms with Crippen molar-refractivity contribution in [1.29, 1.82) is 0 Å². The number of ether oxygens (including phenoxy) is 5. The van der Waals surface area contributed by atoms with Gasteiger partial charge in [-0.1, -0.05) is 12.1 Å². The molecule has 2 aromatic rings. The summed E-state index contributed by atoms with van der Waals surface area (Å²) in [7, 11) is 1.10. The molecule has 2 aliphatic rings. The second-order valence-electron chi connectivity index (χ2n) is 8.95. The van der Waals surface area contributed by atoms with Gasteiger partial charge < -0.3 is 49.2 Å². The lowest BCUT2D eigenvalue weighted by atomic mass is 9.95. The minimum Gasteiger partial charge on any atom is -0.504 e. The number of aromatic hydroxyl groups is 4. The Hall–Kier alpha value is -4.59. The van der Waals surface area contributed by atoms with Crippen molar-refractivity contribution < 1.29 is 63.6 Å². The van der Waals surface area contributed by atoms with E-state index in [4.69, 9.17) is 23.7 Å². The van der Waals surface area contributed by atoms with Gasteiger partial charge in [-0.15, -0.1) is 0 Å². The number of aliphatic hydroxyl groups excluding tert-OH is 1. The number of methoxy groups -OCH3 is 1. The molecule has 2 aromatic carbocycles. The summed E-state index contributed by atoms with van der Waals surface area (Å²) in [5, 5.41) is 48.7. The van der Waals surface area contributed by atoms with Crippen LogP contribution in [-0.4, -0.2) is 87.4 Å². The first-order chi connectivity index (χ1) is 19.0. The molecular weight excluding hydrogens is 532 g/mol. The zero-order valence-electron chi connectivity index (χ0n) is 21.0. The van der Waals surface area contributed by atoms with Crippen LogP contribution in [0.15, 0.2) is 48.6 Å². The summed E-state index contributed by atoms with van der Waals surface area (Å²) in [6, 6.07) is 7.83. The minimum atomic E-state index is -2.02. The molecule has 2 fully saturated rings. The SMILES string of the molecule is COC(=O)[C@@]12C[C@H](OC(=O)/C=C/c3ccc(O)c(O)c3)[C@@H](O)[C@H](O1)[C@H](COC(=O)/C=C/c1ccc(O)c(O)c1)O2. The topological polar surface area (TPSA) is 199 Å². The van der Waals surface area contributed by atoms with Gasteiger partial charge in [0.25, 0.3) is 5.79 Å². The van der Waals surface area contributed by atoms with Gasteiger partial charge in [-0.05, 0) is 47.5 Å². The summed E-state index contributed by atoms with van der Waals surface area (Å²) >= 11 is 0. The van der Waals surface area contributed by atoms with Crippen LogP contribution in [0.25, 0.3) is 12.2 Å². The van der Waals surface area contributed by atoms with Crippen LogP contribution in [-0.2, 0) is 38.1 Å². The Morgan fingerprint density at radius 3 is 2.02 bits per heavy atom. The highest BCUT2D eigenvalue weighted by atomic mass is 16.8. The first kappa shape index (κ1) is 28.4. The minimum absolute atomic E-state index is 0.319. The molecule has 0 aliphatic carbocycles. The van der Waals surface area contributed by atoms with Crippen molar-refractivity contribution in [2.75, 3.05) is 13.7 Å². The van der Waals surface area contributed by atoms with Crippen LogP contribution in [0.3, 0.4) is 0 Å².